The van der Waals surface area contributed by atoms with E-state index in [-0.39, 0.29) is 17.6 Å². The monoisotopic (exact) mass is 296 g/mol. The highest BCUT2D eigenvalue weighted by molar-refractivity contribution is 7.99. The van der Waals surface area contributed by atoms with E-state index in [4.69, 9.17) is 0 Å². The molecule has 0 aromatic heterocycles. The Hall–Kier alpha value is -1.23. The molecule has 1 fully saturated rings. The number of benzene rings is 1. The third kappa shape index (κ3) is 3.45. The number of thioether (sulfide) groups is 1. The molecule has 20 heavy (non-hydrogen) atoms. The predicted molar refractivity (Wildman–Crippen MR) is 83.0 cm³/mol. The zero-order valence-corrected chi connectivity index (χ0v) is 12.7. The molecule has 2 atom stereocenters. The van der Waals surface area contributed by atoms with Gasteiger partial charge in [0.1, 0.15) is 5.82 Å². The maximum Gasteiger partial charge on any atom is 0.253 e. The minimum Gasteiger partial charge on any atom is -0.385 e. The molecule has 1 amide bonds. The average Bonchev–Trinajstić information content (AvgIpc) is 2.47. The lowest BCUT2D eigenvalue weighted by Crippen LogP contribution is -2.39. The normalized spacial score (nSPS) is 22.4. The number of hydrogen-bond acceptors (Lipinski definition) is 3. The summed E-state index contributed by atoms with van der Waals surface area (Å²) < 4.78 is 13.7. The van der Waals surface area contributed by atoms with Gasteiger partial charge in [0.15, 0.2) is 0 Å². The summed E-state index contributed by atoms with van der Waals surface area (Å²) in [5.74, 6) is -0.591. The van der Waals surface area contributed by atoms with Gasteiger partial charge in [0.2, 0.25) is 0 Å². The van der Waals surface area contributed by atoms with Crippen LogP contribution in [0.15, 0.2) is 18.2 Å². The Bertz CT molecular complexity index is 481. The van der Waals surface area contributed by atoms with E-state index in [1.165, 1.54) is 12.5 Å². The first kappa shape index (κ1) is 15.2. The number of carbonyl (C=O) groups excluding carboxylic acids is 1. The molecule has 1 aliphatic rings. The third-order valence-corrected chi connectivity index (χ3v) is 4.90. The highest BCUT2D eigenvalue weighted by Gasteiger charge is 2.24. The summed E-state index contributed by atoms with van der Waals surface area (Å²) in [4.78, 5) is 12.3. The van der Waals surface area contributed by atoms with E-state index in [0.29, 0.717) is 10.8 Å². The van der Waals surface area contributed by atoms with Crippen LogP contribution in [0.5, 0.6) is 0 Å². The van der Waals surface area contributed by atoms with E-state index < -0.39 is 5.82 Å². The van der Waals surface area contributed by atoms with Crippen molar-refractivity contribution in [2.75, 3.05) is 18.6 Å². The molecule has 0 radical (unpaired) electrons. The Morgan fingerprint density at radius 2 is 2.20 bits per heavy atom. The van der Waals surface area contributed by atoms with Crippen molar-refractivity contribution in [3.05, 3.63) is 29.6 Å². The molecule has 0 bridgehead atoms. The van der Waals surface area contributed by atoms with E-state index in [0.717, 1.165) is 19.3 Å². The third-order valence-electron chi connectivity index (χ3n) is 3.80. The first-order valence-corrected chi connectivity index (χ1v) is 8.24. The van der Waals surface area contributed by atoms with Gasteiger partial charge in [-0.1, -0.05) is 12.5 Å². The van der Waals surface area contributed by atoms with Crippen LogP contribution in [-0.4, -0.2) is 30.5 Å². The maximum atomic E-state index is 13.7. The second-order valence-electron chi connectivity index (χ2n) is 5.11. The summed E-state index contributed by atoms with van der Waals surface area (Å²) >= 11 is 1.86. The maximum absolute atomic E-state index is 13.7. The number of nitrogens with one attached hydrogen (secondary N) is 2. The molecule has 0 heterocycles. The number of amides is 1. The summed E-state index contributed by atoms with van der Waals surface area (Å²) in [7, 11) is 1.62. The van der Waals surface area contributed by atoms with Crippen LogP contribution in [-0.2, 0) is 0 Å². The first-order valence-electron chi connectivity index (χ1n) is 6.95. The molecule has 2 unspecified atom stereocenters. The Kier molecular flexibility index (Phi) is 5.29. The van der Waals surface area contributed by atoms with E-state index in [2.05, 4.69) is 16.9 Å². The Balaban J connectivity index is 2.07. The fourth-order valence-electron chi connectivity index (χ4n) is 2.72. The number of carbonyl (C=O) groups is 1. The fourth-order valence-corrected chi connectivity index (χ4v) is 3.55. The van der Waals surface area contributed by atoms with Crippen molar-refractivity contribution < 1.29 is 9.18 Å². The smallest absolute Gasteiger partial charge is 0.253 e. The zero-order valence-electron chi connectivity index (χ0n) is 11.9. The molecular weight excluding hydrogens is 275 g/mol. The van der Waals surface area contributed by atoms with Gasteiger partial charge in [-0.05, 0) is 37.7 Å². The average molecular weight is 296 g/mol. The van der Waals surface area contributed by atoms with Crippen LogP contribution in [0.2, 0.25) is 0 Å². The summed E-state index contributed by atoms with van der Waals surface area (Å²) in [5, 5.41) is 6.42. The van der Waals surface area contributed by atoms with Gasteiger partial charge in [0, 0.05) is 18.3 Å². The first-order chi connectivity index (χ1) is 9.65. The van der Waals surface area contributed by atoms with E-state index >= 15 is 0 Å². The van der Waals surface area contributed by atoms with Crippen LogP contribution in [0.1, 0.15) is 36.0 Å². The fraction of sp³-hybridized carbons (Fsp3) is 0.533. The van der Waals surface area contributed by atoms with Gasteiger partial charge < -0.3 is 10.6 Å². The lowest BCUT2D eigenvalue weighted by Gasteiger charge is -2.28. The summed E-state index contributed by atoms with van der Waals surface area (Å²) in [6.07, 6.45) is 6.47. The summed E-state index contributed by atoms with van der Waals surface area (Å²) in [6, 6.07) is 4.77. The molecule has 1 aliphatic carbocycles. The SMILES string of the molecule is CNc1c(F)cccc1C(=O)NC1CCCC(SC)C1. The zero-order chi connectivity index (χ0) is 14.5. The molecule has 2 N–H and O–H groups in total. The largest absolute Gasteiger partial charge is 0.385 e. The van der Waals surface area contributed by atoms with Gasteiger partial charge >= 0.3 is 0 Å². The van der Waals surface area contributed by atoms with Crippen molar-refractivity contribution in [3.8, 4) is 0 Å². The predicted octanol–water partition coefficient (Wildman–Crippen LogP) is 3.27. The topological polar surface area (TPSA) is 41.1 Å². The van der Waals surface area contributed by atoms with Crippen molar-refractivity contribution in [2.45, 2.75) is 37.0 Å². The van der Waals surface area contributed by atoms with E-state index in [9.17, 15) is 9.18 Å². The molecule has 1 saturated carbocycles. The van der Waals surface area contributed by atoms with Crippen molar-refractivity contribution >= 4 is 23.4 Å². The minimum absolute atomic E-state index is 0.194. The summed E-state index contributed by atoms with van der Waals surface area (Å²) in [6.45, 7) is 0. The number of rotatable bonds is 4. The van der Waals surface area contributed by atoms with Gasteiger partial charge in [-0.2, -0.15) is 11.8 Å². The van der Waals surface area contributed by atoms with Crippen LogP contribution in [0.3, 0.4) is 0 Å². The lowest BCUT2D eigenvalue weighted by atomic mass is 9.94. The van der Waals surface area contributed by atoms with Crippen LogP contribution in [0, 0.1) is 5.82 Å². The molecule has 1 aromatic carbocycles. The molecule has 110 valence electrons. The van der Waals surface area contributed by atoms with Crippen LogP contribution in [0.4, 0.5) is 10.1 Å². The Morgan fingerprint density at radius 3 is 2.90 bits per heavy atom. The molecule has 5 heteroatoms. The van der Waals surface area contributed by atoms with Crippen LogP contribution in [0.25, 0.3) is 0 Å². The van der Waals surface area contributed by atoms with Crippen molar-refractivity contribution in [1.29, 1.82) is 0 Å². The van der Waals surface area contributed by atoms with Gasteiger partial charge in [-0.25, -0.2) is 4.39 Å². The molecule has 0 spiro atoms. The number of halogens is 1. The lowest BCUT2D eigenvalue weighted by molar-refractivity contribution is 0.0929. The second kappa shape index (κ2) is 6.97. The molecule has 0 saturated heterocycles. The number of hydrogen-bond donors (Lipinski definition) is 2. The highest BCUT2D eigenvalue weighted by atomic mass is 32.2. The Labute approximate surface area is 123 Å². The van der Waals surface area contributed by atoms with Crippen LogP contribution >= 0.6 is 11.8 Å². The quantitative estimate of drug-likeness (QED) is 0.896. The van der Waals surface area contributed by atoms with Crippen molar-refractivity contribution in [3.63, 3.8) is 0 Å². The van der Waals surface area contributed by atoms with Gasteiger partial charge in [0.05, 0.1) is 11.3 Å². The van der Waals surface area contributed by atoms with Gasteiger partial charge in [-0.15, -0.1) is 0 Å². The Morgan fingerprint density at radius 1 is 1.40 bits per heavy atom. The van der Waals surface area contributed by atoms with Gasteiger partial charge in [-0.3, -0.25) is 4.79 Å². The summed E-state index contributed by atoms with van der Waals surface area (Å²) in [5.41, 5.74) is 0.640. The second-order valence-corrected chi connectivity index (χ2v) is 6.25. The standard InChI is InChI=1S/C15H21FN2OS/c1-17-14-12(7-4-8-13(14)16)15(19)18-10-5-3-6-11(9-10)20-2/h4,7-8,10-11,17H,3,5-6,9H2,1-2H3,(H,18,19). The van der Waals surface area contributed by atoms with Crippen LogP contribution < -0.4 is 10.6 Å². The van der Waals surface area contributed by atoms with Gasteiger partial charge in [0.25, 0.3) is 5.91 Å². The molecule has 1 aromatic rings. The minimum atomic E-state index is -0.397. The van der Waals surface area contributed by atoms with E-state index in [1.807, 2.05) is 11.8 Å². The van der Waals surface area contributed by atoms with E-state index in [1.54, 1.807) is 19.2 Å². The molecular formula is C15H21FN2OS. The molecule has 2 rings (SSSR count). The highest BCUT2D eigenvalue weighted by Crippen LogP contribution is 2.27. The molecule has 3 nitrogen and oxygen atoms in total. The number of anilines is 1. The number of para-hydroxylation sites is 1. The molecule has 0 aliphatic heterocycles. The van der Waals surface area contributed by atoms with Crippen molar-refractivity contribution in [2.24, 2.45) is 0 Å². The van der Waals surface area contributed by atoms with Crippen molar-refractivity contribution in [1.82, 2.24) is 5.32 Å².